The first-order valence-electron chi connectivity index (χ1n) is 7.36. The van der Waals surface area contributed by atoms with Crippen LogP contribution in [0, 0.1) is 0 Å². The summed E-state index contributed by atoms with van der Waals surface area (Å²) in [6, 6.07) is 23.7. The van der Waals surface area contributed by atoms with Crippen LogP contribution in [0.1, 0.15) is 22.6 Å². The summed E-state index contributed by atoms with van der Waals surface area (Å²) < 4.78 is 6.61. The third-order valence-corrected chi connectivity index (χ3v) is 4.41. The maximum absolute atomic E-state index is 9.59. The van der Waals surface area contributed by atoms with Crippen molar-refractivity contribution in [2.75, 3.05) is 7.11 Å². The normalized spacial score (nSPS) is 11.9. The smallest absolute Gasteiger partial charge is 0.123 e. The molecular formula is C20H17BrO2. The summed E-state index contributed by atoms with van der Waals surface area (Å²) in [7, 11) is 1.69. The van der Waals surface area contributed by atoms with Gasteiger partial charge in [-0.15, -0.1) is 0 Å². The number of methoxy groups -OCH3 is 1. The van der Waals surface area contributed by atoms with Crippen molar-refractivity contribution in [3.63, 3.8) is 0 Å². The predicted octanol–water partition coefficient (Wildman–Crippen LogP) is 5.34. The van der Waals surface area contributed by atoms with Gasteiger partial charge < -0.3 is 9.84 Å². The zero-order chi connectivity index (χ0) is 16.2. The summed E-state index contributed by atoms with van der Waals surface area (Å²) >= 11 is 3.49. The summed E-state index contributed by atoms with van der Waals surface area (Å²) in [6.45, 7) is 0. The van der Waals surface area contributed by atoms with Crippen molar-refractivity contribution >= 4 is 15.9 Å². The van der Waals surface area contributed by atoms with Crippen LogP contribution in [-0.2, 0) is 0 Å². The number of ether oxygens (including phenoxy) is 1. The Morgan fingerprint density at radius 1 is 0.826 bits per heavy atom. The van der Waals surface area contributed by atoms with Gasteiger partial charge in [-0.3, -0.25) is 0 Å². The van der Waals surface area contributed by atoms with Crippen molar-refractivity contribution in [1.29, 1.82) is 0 Å². The van der Waals surface area contributed by atoms with Crippen LogP contribution in [0.3, 0.4) is 0 Å². The fourth-order valence-corrected chi connectivity index (χ4v) is 3.04. The Morgan fingerprint density at radius 2 is 1.39 bits per heavy atom. The Kier molecular flexibility index (Phi) is 4.68. The number of para-hydroxylation sites is 1. The molecule has 1 atom stereocenters. The van der Waals surface area contributed by atoms with Crippen molar-refractivity contribution < 1.29 is 9.84 Å². The highest BCUT2D eigenvalue weighted by Crippen LogP contribution is 2.37. The van der Waals surface area contributed by atoms with Gasteiger partial charge in [-0.1, -0.05) is 58.4 Å². The van der Waals surface area contributed by atoms with Crippen LogP contribution in [0.15, 0.2) is 77.3 Å². The lowest BCUT2D eigenvalue weighted by Crippen LogP contribution is -2.05. The molecule has 1 N–H and O–H groups in total. The second kappa shape index (κ2) is 6.88. The fraction of sp³-hybridized carbons (Fsp3) is 0.100. The van der Waals surface area contributed by atoms with E-state index in [1.807, 2.05) is 42.5 Å². The van der Waals surface area contributed by atoms with Gasteiger partial charge in [-0.2, -0.15) is 0 Å². The van der Waals surface area contributed by atoms with Crippen LogP contribution in [0.4, 0.5) is 0 Å². The van der Waals surface area contributed by atoms with E-state index >= 15 is 0 Å². The van der Waals surface area contributed by atoms with Crippen LogP contribution in [-0.4, -0.2) is 12.2 Å². The summed E-state index contributed by atoms with van der Waals surface area (Å²) in [5.41, 5.74) is 3.38. The van der Waals surface area contributed by atoms with Crippen LogP contribution in [0.25, 0.3) is 0 Å². The lowest BCUT2D eigenvalue weighted by molar-refractivity contribution is 0.409. The minimum absolute atomic E-state index is 0.0415. The molecule has 0 aliphatic rings. The van der Waals surface area contributed by atoms with E-state index < -0.39 is 0 Å². The zero-order valence-corrected chi connectivity index (χ0v) is 14.3. The molecule has 0 aromatic heterocycles. The largest absolute Gasteiger partial charge is 0.508 e. The zero-order valence-electron chi connectivity index (χ0n) is 12.7. The molecule has 1 unspecified atom stereocenters. The van der Waals surface area contributed by atoms with E-state index in [-0.39, 0.29) is 11.7 Å². The Morgan fingerprint density at radius 3 is 2.00 bits per heavy atom. The molecule has 0 saturated carbocycles. The minimum Gasteiger partial charge on any atom is -0.508 e. The van der Waals surface area contributed by atoms with Gasteiger partial charge in [0, 0.05) is 16.0 Å². The number of aromatic hydroxyl groups is 1. The average molecular weight is 369 g/mol. The van der Waals surface area contributed by atoms with E-state index in [9.17, 15) is 5.11 Å². The molecule has 3 rings (SSSR count). The van der Waals surface area contributed by atoms with Gasteiger partial charge in [0.2, 0.25) is 0 Å². The number of hydrogen-bond donors (Lipinski definition) is 1. The van der Waals surface area contributed by atoms with E-state index in [2.05, 4.69) is 34.1 Å². The van der Waals surface area contributed by atoms with Gasteiger partial charge in [0.15, 0.2) is 0 Å². The standard InChI is InChI=1S/C20H17BrO2/c1-23-19-5-3-2-4-18(19)20(14-6-10-16(21)11-7-14)15-8-12-17(22)13-9-15/h2-13,20,22H,1H3. The first kappa shape index (κ1) is 15.6. The van der Waals surface area contributed by atoms with Crippen LogP contribution >= 0.6 is 15.9 Å². The molecule has 23 heavy (non-hydrogen) atoms. The van der Waals surface area contributed by atoms with Crippen LogP contribution in [0.5, 0.6) is 11.5 Å². The lowest BCUT2D eigenvalue weighted by Gasteiger charge is -2.21. The molecule has 0 radical (unpaired) electrons. The molecule has 0 spiro atoms. The minimum atomic E-state index is 0.0415. The molecule has 0 fully saturated rings. The number of phenolic OH excluding ortho intramolecular Hbond substituents is 1. The first-order chi connectivity index (χ1) is 11.2. The van der Waals surface area contributed by atoms with E-state index in [1.165, 1.54) is 5.56 Å². The van der Waals surface area contributed by atoms with Crippen molar-refractivity contribution in [3.05, 3.63) is 94.0 Å². The van der Waals surface area contributed by atoms with Crippen molar-refractivity contribution in [2.45, 2.75) is 5.92 Å². The van der Waals surface area contributed by atoms with Gasteiger partial charge in [0.25, 0.3) is 0 Å². The fourth-order valence-electron chi connectivity index (χ4n) is 2.78. The van der Waals surface area contributed by atoms with Crippen molar-refractivity contribution in [2.24, 2.45) is 0 Å². The Balaban J connectivity index is 2.17. The lowest BCUT2D eigenvalue weighted by atomic mass is 9.84. The molecule has 0 amide bonds. The topological polar surface area (TPSA) is 29.5 Å². The quantitative estimate of drug-likeness (QED) is 0.629. The summed E-state index contributed by atoms with van der Waals surface area (Å²) in [5.74, 6) is 1.16. The molecule has 3 aromatic rings. The molecular weight excluding hydrogens is 352 g/mol. The first-order valence-corrected chi connectivity index (χ1v) is 8.15. The monoisotopic (exact) mass is 368 g/mol. The van der Waals surface area contributed by atoms with Gasteiger partial charge in [0.05, 0.1) is 7.11 Å². The Hall–Kier alpha value is -2.26. The average Bonchev–Trinajstić information content (AvgIpc) is 2.59. The third-order valence-electron chi connectivity index (χ3n) is 3.88. The third kappa shape index (κ3) is 3.40. The van der Waals surface area contributed by atoms with Crippen molar-refractivity contribution in [1.82, 2.24) is 0 Å². The second-order valence-electron chi connectivity index (χ2n) is 5.32. The molecule has 3 heteroatoms. The van der Waals surface area contributed by atoms with Crippen molar-refractivity contribution in [3.8, 4) is 11.5 Å². The highest BCUT2D eigenvalue weighted by molar-refractivity contribution is 9.10. The highest BCUT2D eigenvalue weighted by atomic mass is 79.9. The highest BCUT2D eigenvalue weighted by Gasteiger charge is 2.20. The summed E-state index contributed by atoms with van der Waals surface area (Å²) in [5, 5.41) is 9.59. The van der Waals surface area contributed by atoms with E-state index in [0.29, 0.717) is 0 Å². The predicted molar refractivity (Wildman–Crippen MR) is 96.2 cm³/mol. The van der Waals surface area contributed by atoms with Gasteiger partial charge in [0.1, 0.15) is 11.5 Å². The van der Waals surface area contributed by atoms with Gasteiger partial charge in [-0.05, 0) is 41.5 Å². The number of rotatable bonds is 4. The van der Waals surface area contributed by atoms with E-state index in [1.54, 1.807) is 19.2 Å². The number of halogens is 1. The molecule has 2 nitrogen and oxygen atoms in total. The number of phenols is 1. The molecule has 3 aromatic carbocycles. The Labute approximate surface area is 144 Å². The maximum Gasteiger partial charge on any atom is 0.123 e. The van der Waals surface area contributed by atoms with E-state index in [4.69, 9.17) is 4.74 Å². The van der Waals surface area contributed by atoms with E-state index in [0.717, 1.165) is 21.3 Å². The summed E-state index contributed by atoms with van der Waals surface area (Å²) in [6.07, 6.45) is 0. The molecule has 0 heterocycles. The van der Waals surface area contributed by atoms with Crippen LogP contribution < -0.4 is 4.74 Å². The second-order valence-corrected chi connectivity index (χ2v) is 6.23. The molecule has 0 bridgehead atoms. The number of hydrogen-bond acceptors (Lipinski definition) is 2. The summed E-state index contributed by atoms with van der Waals surface area (Å²) in [4.78, 5) is 0. The van der Waals surface area contributed by atoms with Gasteiger partial charge in [-0.25, -0.2) is 0 Å². The SMILES string of the molecule is COc1ccccc1C(c1ccc(O)cc1)c1ccc(Br)cc1. The molecule has 0 saturated heterocycles. The maximum atomic E-state index is 9.59. The number of benzene rings is 3. The molecule has 0 aliphatic carbocycles. The van der Waals surface area contributed by atoms with Crippen LogP contribution in [0.2, 0.25) is 0 Å². The Bertz CT molecular complexity index is 734. The molecule has 116 valence electrons. The van der Waals surface area contributed by atoms with Gasteiger partial charge >= 0.3 is 0 Å². The molecule has 0 aliphatic heterocycles.